The number of benzene rings is 1. The SMILES string of the molecule is CC(=O)NCCn1c(=O)n(CCCl)c2ccccc21. The van der Waals surface area contributed by atoms with Crippen molar-refractivity contribution >= 4 is 28.5 Å². The summed E-state index contributed by atoms with van der Waals surface area (Å²) in [6, 6.07) is 7.58. The van der Waals surface area contributed by atoms with Crippen LogP contribution in [0.3, 0.4) is 0 Å². The minimum absolute atomic E-state index is 0.0906. The second kappa shape index (κ2) is 5.93. The summed E-state index contributed by atoms with van der Waals surface area (Å²) >= 11 is 5.74. The van der Waals surface area contributed by atoms with E-state index in [1.807, 2.05) is 24.3 Å². The lowest BCUT2D eigenvalue weighted by molar-refractivity contribution is -0.118. The van der Waals surface area contributed by atoms with Gasteiger partial charge in [-0.15, -0.1) is 11.6 Å². The molecule has 6 heteroatoms. The van der Waals surface area contributed by atoms with Crippen molar-refractivity contribution < 1.29 is 4.79 Å². The summed E-state index contributed by atoms with van der Waals surface area (Å²) in [6.45, 7) is 2.83. The van der Waals surface area contributed by atoms with Gasteiger partial charge < -0.3 is 5.32 Å². The van der Waals surface area contributed by atoms with Crippen LogP contribution in [-0.2, 0) is 17.9 Å². The van der Waals surface area contributed by atoms with Gasteiger partial charge in [-0.25, -0.2) is 4.79 Å². The zero-order chi connectivity index (χ0) is 13.8. The number of hydrogen-bond acceptors (Lipinski definition) is 2. The molecule has 0 bridgehead atoms. The Morgan fingerprint density at radius 1 is 1.21 bits per heavy atom. The van der Waals surface area contributed by atoms with Crippen molar-refractivity contribution in [1.82, 2.24) is 14.5 Å². The van der Waals surface area contributed by atoms with Gasteiger partial charge in [0.2, 0.25) is 5.91 Å². The highest BCUT2D eigenvalue weighted by molar-refractivity contribution is 6.17. The molecular formula is C13H16ClN3O2. The number of alkyl halides is 1. The van der Waals surface area contributed by atoms with E-state index >= 15 is 0 Å². The van der Waals surface area contributed by atoms with Crippen molar-refractivity contribution in [3.05, 3.63) is 34.7 Å². The number of nitrogens with zero attached hydrogens (tertiary/aromatic N) is 2. The fourth-order valence-electron chi connectivity index (χ4n) is 2.13. The van der Waals surface area contributed by atoms with Gasteiger partial charge in [0.1, 0.15) is 0 Å². The third-order valence-corrected chi connectivity index (χ3v) is 3.11. The number of halogens is 1. The normalized spacial score (nSPS) is 10.8. The minimum Gasteiger partial charge on any atom is -0.355 e. The van der Waals surface area contributed by atoms with E-state index in [1.165, 1.54) is 6.92 Å². The van der Waals surface area contributed by atoms with Gasteiger partial charge in [-0.05, 0) is 12.1 Å². The Bertz CT molecular complexity index is 645. The van der Waals surface area contributed by atoms with Crippen LogP contribution in [0.5, 0.6) is 0 Å². The molecule has 102 valence electrons. The number of amides is 1. The first-order valence-corrected chi connectivity index (χ1v) is 6.67. The Labute approximate surface area is 115 Å². The molecule has 0 atom stereocenters. The lowest BCUT2D eigenvalue weighted by Gasteiger charge is -2.03. The lowest BCUT2D eigenvalue weighted by atomic mass is 10.3. The molecule has 0 aliphatic rings. The predicted octanol–water partition coefficient (Wildman–Crippen LogP) is 1.18. The zero-order valence-corrected chi connectivity index (χ0v) is 11.5. The number of fused-ring (bicyclic) bond motifs is 1. The predicted molar refractivity (Wildman–Crippen MR) is 75.6 cm³/mol. The van der Waals surface area contributed by atoms with Crippen molar-refractivity contribution in [1.29, 1.82) is 0 Å². The monoisotopic (exact) mass is 281 g/mol. The molecule has 1 aromatic carbocycles. The Morgan fingerprint density at radius 3 is 2.32 bits per heavy atom. The highest BCUT2D eigenvalue weighted by Crippen LogP contribution is 2.12. The molecule has 0 saturated heterocycles. The van der Waals surface area contributed by atoms with Gasteiger partial charge in [0.05, 0.1) is 11.0 Å². The molecule has 0 radical (unpaired) electrons. The first-order chi connectivity index (χ1) is 9.15. The van der Waals surface area contributed by atoms with Gasteiger partial charge >= 0.3 is 5.69 Å². The number of hydrogen-bond donors (Lipinski definition) is 1. The maximum Gasteiger partial charge on any atom is 0.329 e. The van der Waals surface area contributed by atoms with Gasteiger partial charge in [-0.2, -0.15) is 0 Å². The number of carbonyl (C=O) groups excluding carboxylic acids is 1. The van der Waals surface area contributed by atoms with Crippen LogP contribution in [0.15, 0.2) is 29.1 Å². The molecule has 0 unspecified atom stereocenters. The standard InChI is InChI=1S/C13H16ClN3O2/c1-10(18)15-7-9-17-12-5-3-2-4-11(12)16(8-6-14)13(17)19/h2-5H,6-9H2,1H3,(H,15,18). The minimum atomic E-state index is -0.0995. The molecule has 0 spiro atoms. The summed E-state index contributed by atoms with van der Waals surface area (Å²) in [5.41, 5.74) is 1.64. The van der Waals surface area contributed by atoms with E-state index in [9.17, 15) is 9.59 Å². The van der Waals surface area contributed by atoms with Crippen LogP contribution in [0, 0.1) is 0 Å². The lowest BCUT2D eigenvalue weighted by Crippen LogP contribution is -2.30. The van der Waals surface area contributed by atoms with Gasteiger partial charge in [-0.3, -0.25) is 13.9 Å². The van der Waals surface area contributed by atoms with E-state index in [1.54, 1.807) is 9.13 Å². The van der Waals surface area contributed by atoms with E-state index < -0.39 is 0 Å². The molecule has 1 heterocycles. The molecule has 1 N–H and O–H groups in total. The van der Waals surface area contributed by atoms with Crippen LogP contribution in [0.4, 0.5) is 0 Å². The van der Waals surface area contributed by atoms with Gasteiger partial charge in [-0.1, -0.05) is 12.1 Å². The molecule has 19 heavy (non-hydrogen) atoms. The van der Waals surface area contributed by atoms with Crippen LogP contribution >= 0.6 is 11.6 Å². The van der Waals surface area contributed by atoms with E-state index in [-0.39, 0.29) is 11.6 Å². The number of nitrogens with one attached hydrogen (secondary N) is 1. The Morgan fingerprint density at radius 2 is 1.79 bits per heavy atom. The quantitative estimate of drug-likeness (QED) is 0.837. The number of aryl methyl sites for hydroxylation is 1. The van der Waals surface area contributed by atoms with Crippen LogP contribution in [0.2, 0.25) is 0 Å². The van der Waals surface area contributed by atoms with E-state index in [0.717, 1.165) is 11.0 Å². The van der Waals surface area contributed by atoms with Gasteiger partial charge in [0.25, 0.3) is 0 Å². The third-order valence-electron chi connectivity index (χ3n) is 2.94. The summed E-state index contributed by atoms with van der Waals surface area (Å²) in [5.74, 6) is 0.289. The second-order valence-corrected chi connectivity index (χ2v) is 4.62. The summed E-state index contributed by atoms with van der Waals surface area (Å²) in [6.07, 6.45) is 0. The topological polar surface area (TPSA) is 56.0 Å². The van der Waals surface area contributed by atoms with Crippen molar-refractivity contribution in [2.24, 2.45) is 0 Å². The number of para-hydroxylation sites is 2. The zero-order valence-electron chi connectivity index (χ0n) is 10.7. The molecule has 2 rings (SSSR count). The smallest absolute Gasteiger partial charge is 0.329 e. The number of imidazole rings is 1. The fourth-order valence-corrected chi connectivity index (χ4v) is 2.30. The Hall–Kier alpha value is -1.75. The molecule has 2 aromatic rings. The first-order valence-electron chi connectivity index (χ1n) is 6.13. The molecule has 0 saturated carbocycles. The van der Waals surface area contributed by atoms with E-state index in [0.29, 0.717) is 25.5 Å². The van der Waals surface area contributed by atoms with Crippen molar-refractivity contribution in [2.45, 2.75) is 20.0 Å². The average molecular weight is 282 g/mol. The summed E-state index contributed by atoms with van der Waals surface area (Å²) < 4.78 is 3.33. The molecule has 5 nitrogen and oxygen atoms in total. The fraction of sp³-hybridized carbons (Fsp3) is 0.385. The van der Waals surface area contributed by atoms with Gasteiger partial charge in [0, 0.05) is 32.4 Å². The van der Waals surface area contributed by atoms with Crippen LogP contribution in [-0.4, -0.2) is 27.5 Å². The van der Waals surface area contributed by atoms with Crippen LogP contribution in [0.25, 0.3) is 11.0 Å². The summed E-state index contributed by atoms with van der Waals surface area (Å²) in [5, 5.41) is 2.69. The molecule has 0 aliphatic carbocycles. The van der Waals surface area contributed by atoms with Crippen LogP contribution < -0.4 is 11.0 Å². The van der Waals surface area contributed by atoms with Crippen LogP contribution in [0.1, 0.15) is 6.92 Å². The molecule has 1 aromatic heterocycles. The number of carbonyl (C=O) groups is 1. The van der Waals surface area contributed by atoms with Crippen molar-refractivity contribution in [3.63, 3.8) is 0 Å². The molecular weight excluding hydrogens is 266 g/mol. The molecule has 0 fully saturated rings. The Kier molecular flexibility index (Phi) is 4.27. The summed E-state index contributed by atoms with van der Waals surface area (Å²) in [7, 11) is 0. The maximum absolute atomic E-state index is 12.3. The molecule has 0 aliphatic heterocycles. The number of rotatable bonds is 5. The van der Waals surface area contributed by atoms with E-state index in [4.69, 9.17) is 11.6 Å². The maximum atomic E-state index is 12.3. The molecule has 1 amide bonds. The van der Waals surface area contributed by atoms with Gasteiger partial charge in [0.15, 0.2) is 0 Å². The number of aromatic nitrogens is 2. The highest BCUT2D eigenvalue weighted by Gasteiger charge is 2.11. The third kappa shape index (κ3) is 2.81. The van der Waals surface area contributed by atoms with E-state index in [2.05, 4.69) is 5.32 Å². The highest BCUT2D eigenvalue weighted by atomic mass is 35.5. The Balaban J connectivity index is 2.39. The largest absolute Gasteiger partial charge is 0.355 e. The second-order valence-electron chi connectivity index (χ2n) is 4.25. The average Bonchev–Trinajstić information content (AvgIpc) is 2.65. The first kappa shape index (κ1) is 13.7. The van der Waals surface area contributed by atoms with Crippen molar-refractivity contribution in [2.75, 3.05) is 12.4 Å². The summed E-state index contributed by atoms with van der Waals surface area (Å²) in [4.78, 5) is 23.2. The van der Waals surface area contributed by atoms with Crippen molar-refractivity contribution in [3.8, 4) is 0 Å².